The van der Waals surface area contributed by atoms with E-state index in [9.17, 15) is 0 Å². The molecule has 0 radical (unpaired) electrons. The Morgan fingerprint density at radius 2 is 1.67 bits per heavy atom. The van der Waals surface area contributed by atoms with E-state index in [1.165, 1.54) is 32.4 Å². The fraction of sp³-hybridized carbons (Fsp3) is 1.00. The summed E-state index contributed by atoms with van der Waals surface area (Å²) in [7, 11) is 0. The largest absolute Gasteiger partial charge is 0.377 e. The van der Waals surface area contributed by atoms with Crippen LogP contribution in [0.25, 0.3) is 0 Å². The first-order valence-corrected chi connectivity index (χ1v) is 6.70. The van der Waals surface area contributed by atoms with E-state index in [0.717, 1.165) is 13.2 Å². The van der Waals surface area contributed by atoms with E-state index in [-0.39, 0.29) is 0 Å². The van der Waals surface area contributed by atoms with Crippen molar-refractivity contribution < 1.29 is 4.74 Å². The van der Waals surface area contributed by atoms with E-state index in [4.69, 9.17) is 4.74 Å². The molecule has 2 aliphatic rings. The number of rotatable bonds is 1. The van der Waals surface area contributed by atoms with Crippen molar-refractivity contribution in [3.05, 3.63) is 0 Å². The van der Waals surface area contributed by atoms with Crippen LogP contribution < -0.4 is 0 Å². The van der Waals surface area contributed by atoms with Crippen molar-refractivity contribution in [3.63, 3.8) is 0 Å². The molecule has 0 aromatic carbocycles. The van der Waals surface area contributed by atoms with Crippen LogP contribution in [-0.2, 0) is 4.74 Å². The SMILES string of the molecule is CC.CC.CCN1CCCCC12COC2. The summed E-state index contributed by atoms with van der Waals surface area (Å²) in [5.74, 6) is 0. The highest BCUT2D eigenvalue weighted by Gasteiger charge is 2.44. The van der Waals surface area contributed by atoms with Crippen LogP contribution in [0.5, 0.6) is 0 Å². The Labute approximate surface area is 96.0 Å². The van der Waals surface area contributed by atoms with Crippen LogP contribution in [0, 0.1) is 0 Å². The van der Waals surface area contributed by atoms with Gasteiger partial charge in [0.25, 0.3) is 0 Å². The molecule has 2 heterocycles. The van der Waals surface area contributed by atoms with Gasteiger partial charge in [-0.3, -0.25) is 4.90 Å². The third-order valence-electron chi connectivity index (χ3n) is 3.11. The summed E-state index contributed by atoms with van der Waals surface area (Å²) in [4.78, 5) is 2.60. The molecule has 2 nitrogen and oxygen atoms in total. The van der Waals surface area contributed by atoms with Crippen molar-refractivity contribution in [1.82, 2.24) is 4.90 Å². The minimum atomic E-state index is 0.479. The third kappa shape index (κ3) is 3.46. The highest BCUT2D eigenvalue weighted by atomic mass is 16.5. The molecule has 2 rings (SSSR count). The van der Waals surface area contributed by atoms with Crippen molar-refractivity contribution in [2.24, 2.45) is 0 Å². The molecule has 0 unspecified atom stereocenters. The number of hydrogen-bond acceptors (Lipinski definition) is 2. The molecule has 1 spiro atoms. The van der Waals surface area contributed by atoms with Crippen molar-refractivity contribution >= 4 is 0 Å². The number of piperidine rings is 1. The first-order valence-electron chi connectivity index (χ1n) is 6.70. The van der Waals surface area contributed by atoms with Gasteiger partial charge in [0.1, 0.15) is 0 Å². The van der Waals surface area contributed by atoms with Gasteiger partial charge in [0.15, 0.2) is 0 Å². The summed E-state index contributed by atoms with van der Waals surface area (Å²) in [6, 6.07) is 0. The van der Waals surface area contributed by atoms with Gasteiger partial charge in [0, 0.05) is 0 Å². The van der Waals surface area contributed by atoms with Gasteiger partial charge in [-0.1, -0.05) is 41.0 Å². The fourth-order valence-corrected chi connectivity index (χ4v) is 2.31. The normalized spacial score (nSPS) is 23.0. The van der Waals surface area contributed by atoms with E-state index in [1.807, 2.05) is 27.7 Å². The first kappa shape index (κ1) is 14.9. The molecule has 0 aromatic heterocycles. The van der Waals surface area contributed by atoms with Crippen molar-refractivity contribution in [1.29, 1.82) is 0 Å². The molecule has 0 amide bonds. The second-order valence-corrected chi connectivity index (χ2v) is 3.75. The second kappa shape index (κ2) is 8.12. The number of likely N-dealkylation sites (N-methyl/N-ethyl adjacent to an activating group) is 1. The topological polar surface area (TPSA) is 12.5 Å². The summed E-state index contributed by atoms with van der Waals surface area (Å²) in [5.41, 5.74) is 0.479. The van der Waals surface area contributed by atoms with Gasteiger partial charge in [0.2, 0.25) is 0 Å². The Morgan fingerprint density at radius 1 is 1.07 bits per heavy atom. The van der Waals surface area contributed by atoms with Crippen LogP contribution >= 0.6 is 0 Å². The van der Waals surface area contributed by atoms with E-state index in [0.29, 0.717) is 5.54 Å². The molecular formula is C13H29NO. The van der Waals surface area contributed by atoms with Gasteiger partial charge in [-0.25, -0.2) is 0 Å². The Balaban J connectivity index is 0.000000442. The lowest BCUT2D eigenvalue weighted by atomic mass is 9.85. The maximum Gasteiger partial charge on any atom is 0.0678 e. The molecule has 0 aromatic rings. The molecule has 2 aliphatic heterocycles. The molecule has 0 aliphatic carbocycles. The predicted molar refractivity (Wildman–Crippen MR) is 67.3 cm³/mol. The molecule has 0 N–H and O–H groups in total. The number of likely N-dealkylation sites (tertiary alicyclic amines) is 1. The summed E-state index contributed by atoms with van der Waals surface area (Å²) in [5, 5.41) is 0. The highest BCUT2D eigenvalue weighted by molar-refractivity contribution is 4.98. The van der Waals surface area contributed by atoms with E-state index in [1.54, 1.807) is 0 Å². The van der Waals surface area contributed by atoms with E-state index >= 15 is 0 Å². The molecular weight excluding hydrogens is 186 g/mol. The van der Waals surface area contributed by atoms with Crippen LogP contribution in [0.4, 0.5) is 0 Å². The van der Waals surface area contributed by atoms with Crippen molar-refractivity contribution in [2.45, 2.75) is 59.4 Å². The molecule has 0 atom stereocenters. The maximum absolute atomic E-state index is 5.31. The molecule has 2 heteroatoms. The Morgan fingerprint density at radius 3 is 2.00 bits per heavy atom. The minimum Gasteiger partial charge on any atom is -0.377 e. The van der Waals surface area contributed by atoms with Gasteiger partial charge in [-0.05, 0) is 25.9 Å². The first-order chi connectivity index (χ1) is 7.37. The van der Waals surface area contributed by atoms with Crippen LogP contribution in [0.15, 0.2) is 0 Å². The molecule has 2 fully saturated rings. The van der Waals surface area contributed by atoms with Gasteiger partial charge in [-0.2, -0.15) is 0 Å². The van der Waals surface area contributed by atoms with Crippen LogP contribution in [0.3, 0.4) is 0 Å². The average Bonchev–Trinajstić information content (AvgIpc) is 2.32. The van der Waals surface area contributed by atoms with Gasteiger partial charge >= 0.3 is 0 Å². The zero-order valence-electron chi connectivity index (χ0n) is 11.3. The average molecular weight is 215 g/mol. The van der Waals surface area contributed by atoms with Crippen molar-refractivity contribution in [2.75, 3.05) is 26.3 Å². The van der Waals surface area contributed by atoms with E-state index < -0.39 is 0 Å². The summed E-state index contributed by atoms with van der Waals surface area (Å²) in [6.07, 6.45) is 4.15. The monoisotopic (exact) mass is 215 g/mol. The minimum absolute atomic E-state index is 0.479. The quantitative estimate of drug-likeness (QED) is 0.665. The number of ether oxygens (including phenoxy) is 1. The second-order valence-electron chi connectivity index (χ2n) is 3.75. The highest BCUT2D eigenvalue weighted by Crippen LogP contribution is 2.33. The number of nitrogens with zero attached hydrogens (tertiary/aromatic N) is 1. The van der Waals surface area contributed by atoms with Crippen LogP contribution in [0.2, 0.25) is 0 Å². The molecule has 2 saturated heterocycles. The third-order valence-corrected chi connectivity index (χ3v) is 3.11. The smallest absolute Gasteiger partial charge is 0.0678 e. The Hall–Kier alpha value is -0.0800. The van der Waals surface area contributed by atoms with Crippen molar-refractivity contribution in [3.8, 4) is 0 Å². The zero-order chi connectivity index (χ0) is 11.7. The fourth-order valence-electron chi connectivity index (χ4n) is 2.31. The molecule has 0 bridgehead atoms. The predicted octanol–water partition coefficient (Wildman–Crippen LogP) is 3.31. The lowest BCUT2D eigenvalue weighted by Gasteiger charge is -2.52. The van der Waals surface area contributed by atoms with Crippen LogP contribution in [0.1, 0.15) is 53.9 Å². The maximum atomic E-state index is 5.31. The Bertz CT molecular complexity index is 143. The van der Waals surface area contributed by atoms with E-state index in [2.05, 4.69) is 11.8 Å². The summed E-state index contributed by atoms with van der Waals surface area (Å²) in [6.45, 7) is 14.7. The van der Waals surface area contributed by atoms with Gasteiger partial charge in [0.05, 0.1) is 18.8 Å². The number of hydrogen-bond donors (Lipinski definition) is 0. The summed E-state index contributed by atoms with van der Waals surface area (Å²) < 4.78 is 5.31. The Kier molecular flexibility index (Phi) is 8.07. The lowest BCUT2D eigenvalue weighted by molar-refractivity contribution is -0.154. The standard InChI is InChI=1S/C9H17NO.2C2H6/c1-2-10-6-4-3-5-9(10)7-11-8-9;2*1-2/h2-8H2,1H3;2*1-2H3. The zero-order valence-corrected chi connectivity index (χ0v) is 11.3. The van der Waals surface area contributed by atoms with Crippen LogP contribution in [-0.4, -0.2) is 36.7 Å². The molecule has 0 saturated carbocycles. The summed E-state index contributed by atoms with van der Waals surface area (Å²) >= 11 is 0. The molecule has 15 heavy (non-hydrogen) atoms. The van der Waals surface area contributed by atoms with Gasteiger partial charge < -0.3 is 4.74 Å². The lowest BCUT2D eigenvalue weighted by Crippen LogP contribution is -2.63. The molecule has 92 valence electrons. The van der Waals surface area contributed by atoms with Gasteiger partial charge in [-0.15, -0.1) is 0 Å².